The van der Waals surface area contributed by atoms with E-state index < -0.39 is 24.6 Å². The van der Waals surface area contributed by atoms with Crippen LogP contribution in [0.15, 0.2) is 0 Å². The highest BCUT2D eigenvalue weighted by Crippen LogP contribution is 2.28. The summed E-state index contributed by atoms with van der Waals surface area (Å²) in [6, 6.07) is -1.78. The lowest BCUT2D eigenvalue weighted by Gasteiger charge is -2.13. The molecule has 2 amide bonds. The second kappa shape index (κ2) is 7.92. The van der Waals surface area contributed by atoms with Crippen molar-refractivity contribution in [2.45, 2.75) is 44.6 Å². The van der Waals surface area contributed by atoms with E-state index in [0.717, 1.165) is 18.8 Å². The molecule has 0 aromatic heterocycles. The van der Waals surface area contributed by atoms with Crippen LogP contribution in [0.1, 0.15) is 38.5 Å². The van der Waals surface area contributed by atoms with Gasteiger partial charge in [0.15, 0.2) is 6.04 Å². The molecular formula is C12H22N2O4. The molecule has 0 bridgehead atoms. The van der Waals surface area contributed by atoms with Gasteiger partial charge in [0.1, 0.15) is 0 Å². The van der Waals surface area contributed by atoms with Crippen LogP contribution in [0.2, 0.25) is 0 Å². The topological polar surface area (TPSA) is 98.7 Å². The van der Waals surface area contributed by atoms with Crippen LogP contribution in [0.4, 0.5) is 4.79 Å². The summed E-state index contributed by atoms with van der Waals surface area (Å²) in [5.74, 6) is -0.447. The summed E-state index contributed by atoms with van der Waals surface area (Å²) in [7, 11) is 0. The highest BCUT2D eigenvalue weighted by atomic mass is 16.4. The standard InChI is InChI=1S/C12H22N2O4/c15-8-10(11(16)17)14-12(18)13-7-3-6-9-4-1-2-5-9/h9-10,15H,1-8H2,(H,16,17)(H2,13,14,18)/t10-/m0/s1. The van der Waals surface area contributed by atoms with Crippen LogP contribution in [-0.2, 0) is 4.79 Å². The Bertz CT molecular complexity index is 277. The Kier molecular flexibility index (Phi) is 6.49. The summed E-state index contributed by atoms with van der Waals surface area (Å²) < 4.78 is 0. The van der Waals surface area contributed by atoms with Crippen LogP contribution in [0.3, 0.4) is 0 Å². The minimum atomic E-state index is -1.24. The Labute approximate surface area is 107 Å². The van der Waals surface area contributed by atoms with Crippen LogP contribution in [-0.4, -0.2) is 41.4 Å². The van der Waals surface area contributed by atoms with Crippen molar-refractivity contribution in [3.8, 4) is 0 Å². The maximum atomic E-state index is 11.3. The predicted molar refractivity (Wildman–Crippen MR) is 66.2 cm³/mol. The Morgan fingerprint density at radius 1 is 1.28 bits per heavy atom. The number of carbonyl (C=O) groups is 2. The zero-order valence-electron chi connectivity index (χ0n) is 10.5. The molecule has 1 atom stereocenters. The fraction of sp³-hybridized carbons (Fsp3) is 0.833. The number of carboxylic acid groups (broad SMARTS) is 1. The molecule has 0 spiro atoms. The van der Waals surface area contributed by atoms with Crippen molar-refractivity contribution in [3.05, 3.63) is 0 Å². The lowest BCUT2D eigenvalue weighted by atomic mass is 10.0. The molecule has 1 aliphatic carbocycles. The molecule has 0 heterocycles. The number of hydrogen-bond donors (Lipinski definition) is 4. The fourth-order valence-corrected chi connectivity index (χ4v) is 2.29. The average Bonchev–Trinajstić information content (AvgIpc) is 2.84. The van der Waals surface area contributed by atoms with Crippen molar-refractivity contribution >= 4 is 12.0 Å². The number of carboxylic acids is 1. The Morgan fingerprint density at radius 3 is 2.50 bits per heavy atom. The van der Waals surface area contributed by atoms with E-state index in [1.165, 1.54) is 25.7 Å². The normalized spacial score (nSPS) is 17.4. The quantitative estimate of drug-likeness (QED) is 0.505. The molecule has 4 N–H and O–H groups in total. The zero-order valence-corrected chi connectivity index (χ0v) is 10.5. The van der Waals surface area contributed by atoms with Gasteiger partial charge in [0.05, 0.1) is 6.61 Å². The van der Waals surface area contributed by atoms with Crippen LogP contribution in [0, 0.1) is 5.92 Å². The lowest BCUT2D eigenvalue weighted by Crippen LogP contribution is -2.48. The number of rotatable bonds is 7. The first-order valence-corrected chi connectivity index (χ1v) is 6.51. The molecule has 0 radical (unpaired) electrons. The third-order valence-corrected chi connectivity index (χ3v) is 3.34. The first kappa shape index (κ1) is 14.8. The van der Waals surface area contributed by atoms with Crippen LogP contribution in [0.5, 0.6) is 0 Å². The number of aliphatic hydroxyl groups is 1. The molecule has 104 valence electrons. The molecule has 0 unspecified atom stereocenters. The molecule has 0 saturated heterocycles. The number of amides is 2. The van der Waals surface area contributed by atoms with E-state index in [9.17, 15) is 9.59 Å². The van der Waals surface area contributed by atoms with Crippen molar-refractivity contribution in [2.24, 2.45) is 5.92 Å². The van der Waals surface area contributed by atoms with E-state index >= 15 is 0 Å². The minimum absolute atomic E-state index is 0.539. The van der Waals surface area contributed by atoms with Crippen molar-refractivity contribution in [1.82, 2.24) is 10.6 Å². The van der Waals surface area contributed by atoms with Gasteiger partial charge in [-0.25, -0.2) is 9.59 Å². The van der Waals surface area contributed by atoms with Crippen LogP contribution < -0.4 is 10.6 Å². The maximum absolute atomic E-state index is 11.3. The van der Waals surface area contributed by atoms with Crippen molar-refractivity contribution in [2.75, 3.05) is 13.2 Å². The van der Waals surface area contributed by atoms with Crippen molar-refractivity contribution in [1.29, 1.82) is 0 Å². The van der Waals surface area contributed by atoms with Crippen LogP contribution in [0.25, 0.3) is 0 Å². The van der Waals surface area contributed by atoms with E-state index in [0.29, 0.717) is 6.54 Å². The monoisotopic (exact) mass is 258 g/mol. The van der Waals surface area contributed by atoms with E-state index in [2.05, 4.69) is 10.6 Å². The lowest BCUT2D eigenvalue weighted by molar-refractivity contribution is -0.140. The van der Waals surface area contributed by atoms with Gasteiger partial charge in [0.25, 0.3) is 0 Å². The van der Waals surface area contributed by atoms with Gasteiger partial charge in [-0.1, -0.05) is 25.7 Å². The first-order chi connectivity index (χ1) is 8.63. The summed E-state index contributed by atoms with van der Waals surface area (Å²) in [5.41, 5.74) is 0. The molecule has 1 fully saturated rings. The summed E-state index contributed by atoms with van der Waals surface area (Å²) in [5, 5.41) is 22.2. The summed E-state index contributed by atoms with van der Waals surface area (Å²) >= 11 is 0. The summed E-state index contributed by atoms with van der Waals surface area (Å²) in [6.07, 6.45) is 7.23. The number of nitrogens with one attached hydrogen (secondary N) is 2. The zero-order chi connectivity index (χ0) is 13.4. The Balaban J connectivity index is 2.07. The highest BCUT2D eigenvalue weighted by Gasteiger charge is 2.18. The number of hydrogen-bond acceptors (Lipinski definition) is 3. The first-order valence-electron chi connectivity index (χ1n) is 6.51. The highest BCUT2D eigenvalue weighted by molar-refractivity contribution is 5.82. The molecule has 6 heteroatoms. The molecule has 18 heavy (non-hydrogen) atoms. The van der Waals surface area contributed by atoms with Gasteiger partial charge < -0.3 is 20.8 Å². The predicted octanol–water partition coefficient (Wildman–Crippen LogP) is 0.701. The summed E-state index contributed by atoms with van der Waals surface area (Å²) in [4.78, 5) is 21.9. The molecule has 6 nitrogen and oxygen atoms in total. The molecule has 0 aromatic rings. The largest absolute Gasteiger partial charge is 0.480 e. The number of aliphatic carboxylic acids is 1. The van der Waals surface area contributed by atoms with Crippen molar-refractivity contribution in [3.63, 3.8) is 0 Å². The van der Waals surface area contributed by atoms with Gasteiger partial charge >= 0.3 is 12.0 Å². The van der Waals surface area contributed by atoms with E-state index in [1.807, 2.05) is 0 Å². The number of urea groups is 1. The fourth-order valence-electron chi connectivity index (χ4n) is 2.29. The van der Waals surface area contributed by atoms with Crippen molar-refractivity contribution < 1.29 is 19.8 Å². The second-order valence-corrected chi connectivity index (χ2v) is 4.77. The third-order valence-electron chi connectivity index (χ3n) is 3.34. The minimum Gasteiger partial charge on any atom is -0.480 e. The van der Waals surface area contributed by atoms with Gasteiger partial charge in [-0.3, -0.25) is 0 Å². The van der Waals surface area contributed by atoms with Crippen LogP contribution >= 0.6 is 0 Å². The average molecular weight is 258 g/mol. The smallest absolute Gasteiger partial charge is 0.328 e. The van der Waals surface area contributed by atoms with Gasteiger partial charge in [-0.2, -0.15) is 0 Å². The maximum Gasteiger partial charge on any atom is 0.328 e. The van der Waals surface area contributed by atoms with E-state index in [-0.39, 0.29) is 0 Å². The van der Waals surface area contributed by atoms with Gasteiger partial charge in [0.2, 0.25) is 0 Å². The Hall–Kier alpha value is -1.30. The van der Waals surface area contributed by atoms with Gasteiger partial charge in [-0.05, 0) is 18.8 Å². The number of aliphatic hydroxyl groups excluding tert-OH is 1. The van der Waals surface area contributed by atoms with E-state index in [4.69, 9.17) is 10.2 Å². The second-order valence-electron chi connectivity index (χ2n) is 4.77. The third kappa shape index (κ3) is 5.35. The molecule has 1 aliphatic rings. The molecule has 1 saturated carbocycles. The van der Waals surface area contributed by atoms with E-state index in [1.54, 1.807) is 0 Å². The molecular weight excluding hydrogens is 236 g/mol. The molecule has 1 rings (SSSR count). The molecule has 0 aromatic carbocycles. The van der Waals surface area contributed by atoms with Gasteiger partial charge in [-0.15, -0.1) is 0 Å². The van der Waals surface area contributed by atoms with Gasteiger partial charge in [0, 0.05) is 6.54 Å². The Morgan fingerprint density at radius 2 is 1.94 bits per heavy atom. The SMILES string of the molecule is O=C(NCCCC1CCCC1)N[C@@H](CO)C(=O)O. The summed E-state index contributed by atoms with van der Waals surface area (Å²) in [6.45, 7) is -0.0646. The number of carbonyl (C=O) groups excluding carboxylic acids is 1. The molecule has 0 aliphatic heterocycles.